The number of carbonyl (C=O) groups excluding carboxylic acids is 1. The Morgan fingerprint density at radius 3 is 2.50 bits per heavy atom. The van der Waals surface area contributed by atoms with Gasteiger partial charge in [0.25, 0.3) is 0 Å². The van der Waals surface area contributed by atoms with Crippen LogP contribution in [0.1, 0.15) is 18.5 Å². The van der Waals surface area contributed by atoms with Crippen LogP contribution in [0, 0.1) is 0 Å². The minimum absolute atomic E-state index is 0.132. The second-order valence-electron chi connectivity index (χ2n) is 3.06. The molecule has 3 nitrogen and oxygen atoms in total. The van der Waals surface area contributed by atoms with Gasteiger partial charge in [-0.05, 0) is 17.7 Å². The van der Waals surface area contributed by atoms with Crippen molar-refractivity contribution in [3.8, 4) is 0 Å². The van der Waals surface area contributed by atoms with E-state index in [1.54, 1.807) is 24.3 Å². The molecule has 0 aliphatic rings. The fraction of sp³-hybridized carbons (Fsp3) is 0.300. The van der Waals surface area contributed by atoms with E-state index in [2.05, 4.69) is 5.32 Å². The second-order valence-corrected chi connectivity index (χ2v) is 3.06. The molecule has 3 N–H and O–H groups in total. The standard InChI is InChI=1S/C10H13FN2O/c1-7(14)13-9-4-2-8(3-5-9)10(12)6-11/h2-5,10H,6,12H2,1H3,(H,13,14)/t10-/m1/s1. The highest BCUT2D eigenvalue weighted by molar-refractivity contribution is 5.88. The van der Waals surface area contributed by atoms with E-state index in [9.17, 15) is 9.18 Å². The number of carbonyl (C=O) groups is 1. The highest BCUT2D eigenvalue weighted by atomic mass is 19.1. The van der Waals surface area contributed by atoms with Crippen LogP contribution in [-0.4, -0.2) is 12.6 Å². The normalized spacial score (nSPS) is 12.2. The van der Waals surface area contributed by atoms with Gasteiger partial charge in [-0.1, -0.05) is 12.1 Å². The summed E-state index contributed by atoms with van der Waals surface area (Å²) in [5.41, 5.74) is 6.89. The van der Waals surface area contributed by atoms with Gasteiger partial charge in [0.05, 0.1) is 6.04 Å². The van der Waals surface area contributed by atoms with Crippen molar-refractivity contribution in [2.45, 2.75) is 13.0 Å². The molecule has 0 fully saturated rings. The van der Waals surface area contributed by atoms with E-state index < -0.39 is 12.7 Å². The van der Waals surface area contributed by atoms with E-state index in [0.717, 1.165) is 5.56 Å². The van der Waals surface area contributed by atoms with Gasteiger partial charge in [-0.2, -0.15) is 0 Å². The molecule has 76 valence electrons. The predicted molar refractivity (Wildman–Crippen MR) is 53.6 cm³/mol. The molecule has 1 aromatic rings. The Labute approximate surface area is 82.1 Å². The maximum atomic E-state index is 12.2. The minimum atomic E-state index is -0.584. The topological polar surface area (TPSA) is 55.1 Å². The first-order valence-electron chi connectivity index (χ1n) is 4.32. The maximum Gasteiger partial charge on any atom is 0.221 e. The zero-order chi connectivity index (χ0) is 10.6. The van der Waals surface area contributed by atoms with Crippen LogP contribution in [-0.2, 0) is 4.79 Å². The van der Waals surface area contributed by atoms with Crippen LogP contribution in [0.15, 0.2) is 24.3 Å². The molecule has 0 aliphatic heterocycles. The molecule has 1 rings (SSSR count). The average molecular weight is 196 g/mol. The number of hydrogen-bond donors (Lipinski definition) is 2. The van der Waals surface area contributed by atoms with Crippen LogP contribution in [0.4, 0.5) is 10.1 Å². The lowest BCUT2D eigenvalue weighted by atomic mass is 10.1. The van der Waals surface area contributed by atoms with Crippen LogP contribution in [0.5, 0.6) is 0 Å². The molecular formula is C10H13FN2O. The van der Waals surface area contributed by atoms with Gasteiger partial charge in [-0.3, -0.25) is 4.79 Å². The number of benzene rings is 1. The molecule has 0 saturated heterocycles. The van der Waals surface area contributed by atoms with Crippen LogP contribution >= 0.6 is 0 Å². The highest BCUT2D eigenvalue weighted by Crippen LogP contribution is 2.14. The summed E-state index contributed by atoms with van der Waals surface area (Å²) in [7, 11) is 0. The van der Waals surface area contributed by atoms with E-state index >= 15 is 0 Å². The predicted octanol–water partition coefficient (Wildman–Crippen LogP) is 1.61. The van der Waals surface area contributed by atoms with Gasteiger partial charge >= 0.3 is 0 Å². The van der Waals surface area contributed by atoms with E-state index in [4.69, 9.17) is 5.73 Å². The summed E-state index contributed by atoms with van der Waals surface area (Å²) in [5.74, 6) is -0.132. The van der Waals surface area contributed by atoms with Gasteiger partial charge in [-0.15, -0.1) is 0 Å². The summed E-state index contributed by atoms with van der Waals surface area (Å²) in [6.45, 7) is 0.848. The molecule has 0 radical (unpaired) electrons. The number of alkyl halides is 1. The number of nitrogens with one attached hydrogen (secondary N) is 1. The SMILES string of the molecule is CC(=O)Nc1ccc([C@H](N)CF)cc1. The smallest absolute Gasteiger partial charge is 0.221 e. The Kier molecular flexibility index (Phi) is 3.59. The number of amides is 1. The van der Waals surface area contributed by atoms with E-state index in [1.807, 2.05) is 0 Å². The largest absolute Gasteiger partial charge is 0.326 e. The monoisotopic (exact) mass is 196 g/mol. The van der Waals surface area contributed by atoms with Crippen molar-refractivity contribution in [2.24, 2.45) is 5.73 Å². The van der Waals surface area contributed by atoms with Crippen molar-refractivity contribution in [3.63, 3.8) is 0 Å². The quantitative estimate of drug-likeness (QED) is 0.771. The van der Waals surface area contributed by atoms with Crippen molar-refractivity contribution in [1.82, 2.24) is 0 Å². The summed E-state index contributed by atoms with van der Waals surface area (Å²) in [5, 5.41) is 2.62. The number of halogens is 1. The van der Waals surface area contributed by atoms with Gasteiger partial charge < -0.3 is 11.1 Å². The van der Waals surface area contributed by atoms with Crippen LogP contribution in [0.2, 0.25) is 0 Å². The molecular weight excluding hydrogens is 183 g/mol. The third kappa shape index (κ3) is 2.81. The fourth-order valence-corrected chi connectivity index (χ4v) is 1.11. The van der Waals surface area contributed by atoms with Crippen LogP contribution in [0.3, 0.4) is 0 Å². The molecule has 0 unspecified atom stereocenters. The third-order valence-corrected chi connectivity index (χ3v) is 1.83. The van der Waals surface area contributed by atoms with E-state index in [-0.39, 0.29) is 5.91 Å². The second kappa shape index (κ2) is 4.72. The van der Waals surface area contributed by atoms with E-state index in [0.29, 0.717) is 5.69 Å². The lowest BCUT2D eigenvalue weighted by Crippen LogP contribution is -2.12. The molecule has 1 atom stereocenters. The summed E-state index contributed by atoms with van der Waals surface area (Å²) in [6, 6.07) is 6.23. The Balaban J connectivity index is 2.73. The van der Waals surface area contributed by atoms with Gasteiger partial charge in [0, 0.05) is 12.6 Å². The summed E-state index contributed by atoms with van der Waals surface area (Å²) in [4.78, 5) is 10.7. The van der Waals surface area contributed by atoms with Crippen molar-refractivity contribution >= 4 is 11.6 Å². The lowest BCUT2D eigenvalue weighted by Gasteiger charge is -2.08. The first kappa shape index (κ1) is 10.7. The molecule has 0 saturated carbocycles. The number of rotatable bonds is 3. The minimum Gasteiger partial charge on any atom is -0.326 e. The third-order valence-electron chi connectivity index (χ3n) is 1.83. The van der Waals surface area contributed by atoms with Gasteiger partial charge in [0.2, 0.25) is 5.91 Å². The average Bonchev–Trinajstić information content (AvgIpc) is 2.17. The van der Waals surface area contributed by atoms with Gasteiger partial charge in [-0.25, -0.2) is 4.39 Å². The molecule has 0 aliphatic carbocycles. The fourth-order valence-electron chi connectivity index (χ4n) is 1.11. The van der Waals surface area contributed by atoms with Gasteiger partial charge in [0.1, 0.15) is 6.67 Å². The van der Waals surface area contributed by atoms with Crippen LogP contribution < -0.4 is 11.1 Å². The Hall–Kier alpha value is -1.42. The lowest BCUT2D eigenvalue weighted by molar-refractivity contribution is -0.114. The molecule has 0 heterocycles. The van der Waals surface area contributed by atoms with Crippen molar-refractivity contribution < 1.29 is 9.18 Å². The summed E-state index contributed by atoms with van der Waals surface area (Å²) in [6.07, 6.45) is 0. The van der Waals surface area contributed by atoms with E-state index in [1.165, 1.54) is 6.92 Å². The molecule has 14 heavy (non-hydrogen) atoms. The number of anilines is 1. The Morgan fingerprint density at radius 2 is 2.07 bits per heavy atom. The molecule has 0 bridgehead atoms. The van der Waals surface area contributed by atoms with Crippen LogP contribution in [0.25, 0.3) is 0 Å². The summed E-state index contributed by atoms with van der Waals surface area (Å²) < 4.78 is 12.2. The molecule has 1 aromatic carbocycles. The zero-order valence-corrected chi connectivity index (χ0v) is 7.96. The first-order chi connectivity index (χ1) is 6.63. The molecule has 0 spiro atoms. The van der Waals surface area contributed by atoms with Gasteiger partial charge in [0.15, 0.2) is 0 Å². The van der Waals surface area contributed by atoms with Crippen molar-refractivity contribution in [3.05, 3.63) is 29.8 Å². The summed E-state index contributed by atoms with van der Waals surface area (Å²) >= 11 is 0. The van der Waals surface area contributed by atoms with Crippen molar-refractivity contribution in [1.29, 1.82) is 0 Å². The number of hydrogen-bond acceptors (Lipinski definition) is 2. The van der Waals surface area contributed by atoms with Crippen molar-refractivity contribution in [2.75, 3.05) is 12.0 Å². The Bertz CT molecular complexity index is 310. The first-order valence-corrected chi connectivity index (χ1v) is 4.32. The highest BCUT2D eigenvalue weighted by Gasteiger charge is 2.04. The maximum absolute atomic E-state index is 12.2. The molecule has 4 heteroatoms. The zero-order valence-electron chi connectivity index (χ0n) is 7.96. The number of nitrogens with two attached hydrogens (primary N) is 1. The molecule has 1 amide bonds. The Morgan fingerprint density at radius 1 is 1.50 bits per heavy atom. The molecule has 0 aromatic heterocycles.